The molecule has 0 saturated heterocycles. The second kappa shape index (κ2) is 13.0. The minimum absolute atomic E-state index is 0.145. The van der Waals surface area contributed by atoms with Crippen LogP contribution in [-0.4, -0.2) is 73.3 Å². The van der Waals surface area contributed by atoms with Gasteiger partial charge in [0.1, 0.15) is 23.6 Å². The zero-order valence-corrected chi connectivity index (χ0v) is 23.6. The van der Waals surface area contributed by atoms with Crippen LogP contribution in [0.15, 0.2) is 30.7 Å². The summed E-state index contributed by atoms with van der Waals surface area (Å²) in [6.07, 6.45) is -2.07. The first-order chi connectivity index (χ1) is 19.7. The van der Waals surface area contributed by atoms with Gasteiger partial charge in [0.25, 0.3) is 5.91 Å². The SMILES string of the molecule is COc1c(C(C)n2nc(C)c3c(N)ncnc32)cc(Cl)c(C)c1-c1ccc(C(=O)NCCO)nc1.O=C(O)C(F)(F)F. The molecule has 3 heterocycles. The molecule has 1 aromatic carbocycles. The lowest BCUT2D eigenvalue weighted by Gasteiger charge is -2.22. The summed E-state index contributed by atoms with van der Waals surface area (Å²) in [7, 11) is 1.60. The van der Waals surface area contributed by atoms with Gasteiger partial charge in [0.15, 0.2) is 5.65 Å². The summed E-state index contributed by atoms with van der Waals surface area (Å²) in [5.41, 5.74) is 10.8. The summed E-state index contributed by atoms with van der Waals surface area (Å²) in [4.78, 5) is 33.9. The topological polar surface area (TPSA) is 178 Å². The first kappa shape index (κ1) is 32.0. The Hall–Kier alpha value is -4.50. The number of nitrogens with two attached hydrogens (primary N) is 1. The van der Waals surface area contributed by atoms with Crippen LogP contribution < -0.4 is 15.8 Å². The number of ether oxygens (including phenoxy) is 1. The number of hydrogen-bond donors (Lipinski definition) is 4. The summed E-state index contributed by atoms with van der Waals surface area (Å²) < 4.78 is 39.4. The molecule has 0 radical (unpaired) electrons. The number of methoxy groups -OCH3 is 1. The molecule has 1 unspecified atom stereocenters. The van der Waals surface area contributed by atoms with E-state index in [0.717, 1.165) is 27.9 Å². The Labute approximate surface area is 242 Å². The number of nitrogen functional groups attached to an aromatic ring is 1. The highest BCUT2D eigenvalue weighted by molar-refractivity contribution is 6.32. The average Bonchev–Trinajstić information content (AvgIpc) is 3.29. The predicted molar refractivity (Wildman–Crippen MR) is 147 cm³/mol. The molecule has 5 N–H and O–H groups in total. The summed E-state index contributed by atoms with van der Waals surface area (Å²) in [6, 6.07) is 4.97. The van der Waals surface area contributed by atoms with E-state index in [-0.39, 0.29) is 30.8 Å². The van der Waals surface area contributed by atoms with Crippen LogP contribution in [0, 0.1) is 13.8 Å². The lowest BCUT2D eigenvalue weighted by molar-refractivity contribution is -0.192. The van der Waals surface area contributed by atoms with Crippen molar-refractivity contribution in [3.8, 4) is 16.9 Å². The molecule has 0 saturated carbocycles. The van der Waals surface area contributed by atoms with Crippen LogP contribution in [0.1, 0.15) is 40.3 Å². The Morgan fingerprint density at radius 2 is 1.88 bits per heavy atom. The van der Waals surface area contributed by atoms with Crippen molar-refractivity contribution in [2.45, 2.75) is 33.0 Å². The minimum Gasteiger partial charge on any atom is -0.496 e. The molecule has 3 aromatic heterocycles. The van der Waals surface area contributed by atoms with Crippen LogP contribution in [0.3, 0.4) is 0 Å². The number of fused-ring (bicyclic) bond motifs is 1. The third kappa shape index (κ3) is 6.69. The van der Waals surface area contributed by atoms with Crippen molar-refractivity contribution >= 4 is 40.3 Å². The van der Waals surface area contributed by atoms with E-state index in [4.69, 9.17) is 37.1 Å². The quantitative estimate of drug-likeness (QED) is 0.241. The standard InChI is InChI=1S/C24H26ClN7O3.C2HF3O2/c1-12-17(25)9-16(14(3)32-23-20(13(2)31-32)22(26)29-11-30-23)21(35-4)19(12)15-5-6-18(28-10-15)24(34)27-7-8-33;3-2(4,5)1(6)7/h5-6,9-11,14,33H,7-8H2,1-4H3,(H,27,34)(H2,26,29,30);(H,6,7). The number of aliphatic hydroxyl groups is 1. The smallest absolute Gasteiger partial charge is 0.490 e. The van der Waals surface area contributed by atoms with Crippen molar-refractivity contribution in [1.82, 2.24) is 30.0 Å². The molecule has 0 aliphatic heterocycles. The fourth-order valence-corrected chi connectivity index (χ4v) is 4.34. The third-order valence-corrected chi connectivity index (χ3v) is 6.54. The molecule has 0 aliphatic carbocycles. The van der Waals surface area contributed by atoms with E-state index in [9.17, 15) is 18.0 Å². The number of carbonyl (C=O) groups is 2. The van der Waals surface area contributed by atoms with Crippen molar-refractivity contribution in [3.05, 3.63) is 58.3 Å². The molecule has 224 valence electrons. The fourth-order valence-electron chi connectivity index (χ4n) is 4.13. The van der Waals surface area contributed by atoms with E-state index in [1.54, 1.807) is 30.1 Å². The van der Waals surface area contributed by atoms with Crippen molar-refractivity contribution in [3.63, 3.8) is 0 Å². The van der Waals surface area contributed by atoms with Gasteiger partial charge in [-0.1, -0.05) is 17.7 Å². The summed E-state index contributed by atoms with van der Waals surface area (Å²) in [5, 5.41) is 24.6. The number of aryl methyl sites for hydroxylation is 1. The van der Waals surface area contributed by atoms with Crippen molar-refractivity contribution < 1.29 is 37.7 Å². The number of rotatable bonds is 7. The number of nitrogens with zero attached hydrogens (tertiary/aromatic N) is 5. The molecule has 1 atom stereocenters. The number of anilines is 1. The van der Waals surface area contributed by atoms with Crippen LogP contribution in [0.4, 0.5) is 19.0 Å². The van der Waals surface area contributed by atoms with E-state index >= 15 is 0 Å². The molecule has 4 aromatic rings. The number of carbonyl (C=O) groups excluding carboxylic acids is 1. The van der Waals surface area contributed by atoms with Crippen LogP contribution in [-0.2, 0) is 4.79 Å². The Balaban J connectivity index is 0.000000616. The number of nitrogens with one attached hydrogen (secondary N) is 1. The van der Waals surface area contributed by atoms with Crippen molar-refractivity contribution in [2.24, 2.45) is 0 Å². The Morgan fingerprint density at radius 1 is 1.21 bits per heavy atom. The second-order valence-electron chi connectivity index (χ2n) is 8.86. The molecular formula is C26H27ClF3N7O5. The third-order valence-electron chi connectivity index (χ3n) is 6.14. The van der Waals surface area contributed by atoms with Gasteiger partial charge in [-0.25, -0.2) is 19.4 Å². The number of hydrogen-bond acceptors (Lipinski definition) is 9. The van der Waals surface area contributed by atoms with E-state index in [2.05, 4.69) is 25.4 Å². The number of aliphatic hydroxyl groups excluding tert-OH is 1. The lowest BCUT2D eigenvalue weighted by atomic mass is 9.94. The average molecular weight is 610 g/mol. The van der Waals surface area contributed by atoms with Gasteiger partial charge in [-0.3, -0.25) is 9.78 Å². The van der Waals surface area contributed by atoms with E-state index in [1.807, 2.05) is 26.8 Å². The number of alkyl halides is 3. The Bertz CT molecular complexity index is 1610. The van der Waals surface area contributed by atoms with Crippen LogP contribution in [0.25, 0.3) is 22.2 Å². The van der Waals surface area contributed by atoms with Crippen LogP contribution >= 0.6 is 11.6 Å². The van der Waals surface area contributed by atoms with Gasteiger partial charge < -0.3 is 26.0 Å². The number of halogens is 4. The first-order valence-electron chi connectivity index (χ1n) is 12.2. The van der Waals surface area contributed by atoms with Gasteiger partial charge in [0.2, 0.25) is 0 Å². The maximum Gasteiger partial charge on any atom is 0.490 e. The zero-order valence-electron chi connectivity index (χ0n) is 22.8. The number of amides is 1. The molecule has 42 heavy (non-hydrogen) atoms. The highest BCUT2D eigenvalue weighted by atomic mass is 35.5. The van der Waals surface area contributed by atoms with Crippen LogP contribution in [0.2, 0.25) is 5.02 Å². The number of benzene rings is 1. The van der Waals surface area contributed by atoms with Gasteiger partial charge in [-0.2, -0.15) is 18.3 Å². The molecule has 12 nitrogen and oxygen atoms in total. The van der Waals surface area contributed by atoms with Crippen molar-refractivity contribution in [2.75, 3.05) is 26.0 Å². The highest BCUT2D eigenvalue weighted by Gasteiger charge is 2.38. The van der Waals surface area contributed by atoms with Gasteiger partial charge in [0.05, 0.1) is 30.8 Å². The maximum atomic E-state index is 12.2. The highest BCUT2D eigenvalue weighted by Crippen LogP contribution is 2.43. The molecule has 0 bridgehead atoms. The van der Waals surface area contributed by atoms with Gasteiger partial charge in [0, 0.05) is 34.5 Å². The molecule has 0 spiro atoms. The molecular weight excluding hydrogens is 583 g/mol. The maximum absolute atomic E-state index is 12.2. The lowest BCUT2D eigenvalue weighted by Crippen LogP contribution is -2.27. The zero-order chi connectivity index (χ0) is 31.4. The Morgan fingerprint density at radius 3 is 2.43 bits per heavy atom. The number of carboxylic acid groups (broad SMARTS) is 1. The second-order valence-corrected chi connectivity index (χ2v) is 9.27. The number of aliphatic carboxylic acids is 1. The molecule has 16 heteroatoms. The Kier molecular flexibility index (Phi) is 9.91. The van der Waals surface area contributed by atoms with Crippen molar-refractivity contribution in [1.29, 1.82) is 0 Å². The van der Waals surface area contributed by atoms with E-state index < -0.39 is 12.1 Å². The minimum atomic E-state index is -5.08. The normalized spacial score (nSPS) is 11.9. The number of carboxylic acids is 1. The van der Waals surface area contributed by atoms with Gasteiger partial charge in [-0.05, 0) is 38.5 Å². The van der Waals surface area contributed by atoms with Crippen LogP contribution in [0.5, 0.6) is 5.75 Å². The summed E-state index contributed by atoms with van der Waals surface area (Å²) in [5.74, 6) is -2.14. The summed E-state index contributed by atoms with van der Waals surface area (Å²) in [6.45, 7) is 5.75. The summed E-state index contributed by atoms with van der Waals surface area (Å²) >= 11 is 6.68. The monoisotopic (exact) mass is 609 g/mol. The molecule has 4 rings (SSSR count). The molecule has 0 aliphatic rings. The molecule has 1 amide bonds. The fraction of sp³-hybridized carbons (Fsp3) is 0.308. The number of pyridine rings is 1. The largest absolute Gasteiger partial charge is 0.496 e. The predicted octanol–water partition coefficient (Wildman–Crippen LogP) is 3.71. The number of aromatic nitrogens is 5. The molecule has 0 fully saturated rings. The van der Waals surface area contributed by atoms with Gasteiger partial charge in [-0.15, -0.1) is 0 Å². The van der Waals surface area contributed by atoms with Gasteiger partial charge >= 0.3 is 12.1 Å². The van der Waals surface area contributed by atoms with E-state index in [0.29, 0.717) is 27.6 Å². The first-order valence-corrected chi connectivity index (χ1v) is 12.6. The van der Waals surface area contributed by atoms with E-state index in [1.165, 1.54) is 6.33 Å².